The van der Waals surface area contributed by atoms with Gasteiger partial charge in [-0.1, -0.05) is 23.2 Å². The number of rotatable bonds is 4. The smallest absolute Gasteiger partial charge is 0.251 e. The molecule has 0 radical (unpaired) electrons. The molecule has 0 bridgehead atoms. The van der Waals surface area contributed by atoms with Crippen LogP contribution in [0.15, 0.2) is 48.7 Å². The Morgan fingerprint density at radius 3 is 2.50 bits per heavy atom. The van der Waals surface area contributed by atoms with E-state index in [1.807, 2.05) is 24.4 Å². The largest absolute Gasteiger partial charge is 0.361 e. The SMILES string of the molecule is O=C(NCC1(c2c[nH]c3ccc(Cl)cc23)CC1)c1ccc(Cl)cc1. The fourth-order valence-corrected chi connectivity index (χ4v) is 3.47. The van der Waals surface area contributed by atoms with E-state index in [1.54, 1.807) is 24.3 Å². The van der Waals surface area contributed by atoms with Gasteiger partial charge in [0.2, 0.25) is 0 Å². The van der Waals surface area contributed by atoms with Crippen molar-refractivity contribution in [2.45, 2.75) is 18.3 Å². The van der Waals surface area contributed by atoms with Crippen molar-refractivity contribution in [1.29, 1.82) is 0 Å². The van der Waals surface area contributed by atoms with Gasteiger partial charge in [0.05, 0.1) is 0 Å². The number of halogens is 2. The molecule has 1 aliphatic rings. The summed E-state index contributed by atoms with van der Waals surface area (Å²) in [6.07, 6.45) is 4.17. The van der Waals surface area contributed by atoms with Gasteiger partial charge in [-0.25, -0.2) is 0 Å². The molecule has 5 heteroatoms. The minimum absolute atomic E-state index is 0.00498. The van der Waals surface area contributed by atoms with Crippen molar-refractivity contribution >= 4 is 40.0 Å². The molecule has 122 valence electrons. The van der Waals surface area contributed by atoms with Gasteiger partial charge in [-0.3, -0.25) is 4.79 Å². The zero-order valence-corrected chi connectivity index (χ0v) is 14.4. The van der Waals surface area contributed by atoms with E-state index in [0.717, 1.165) is 28.8 Å². The van der Waals surface area contributed by atoms with Crippen LogP contribution in [0.5, 0.6) is 0 Å². The summed E-state index contributed by atoms with van der Waals surface area (Å²) < 4.78 is 0. The van der Waals surface area contributed by atoms with Crippen LogP contribution < -0.4 is 5.32 Å². The molecule has 3 aromatic rings. The molecule has 0 spiro atoms. The molecule has 1 heterocycles. The molecule has 1 saturated carbocycles. The summed E-state index contributed by atoms with van der Waals surface area (Å²) in [6, 6.07) is 12.8. The van der Waals surface area contributed by atoms with Gasteiger partial charge >= 0.3 is 0 Å². The van der Waals surface area contributed by atoms with Gasteiger partial charge in [-0.05, 0) is 60.9 Å². The van der Waals surface area contributed by atoms with Crippen LogP contribution in [0.1, 0.15) is 28.8 Å². The highest BCUT2D eigenvalue weighted by molar-refractivity contribution is 6.31. The quantitative estimate of drug-likeness (QED) is 0.681. The minimum atomic E-state index is -0.0733. The second-order valence-electron chi connectivity index (χ2n) is 6.36. The third-order valence-electron chi connectivity index (χ3n) is 4.76. The molecule has 1 amide bonds. The number of aromatic amines is 1. The number of aromatic nitrogens is 1. The summed E-state index contributed by atoms with van der Waals surface area (Å²) in [7, 11) is 0. The number of hydrogen-bond acceptors (Lipinski definition) is 1. The van der Waals surface area contributed by atoms with E-state index in [1.165, 1.54) is 5.56 Å². The lowest BCUT2D eigenvalue weighted by Gasteiger charge is -2.16. The Morgan fingerprint density at radius 1 is 1.08 bits per heavy atom. The molecule has 4 rings (SSSR count). The Balaban J connectivity index is 1.54. The highest BCUT2D eigenvalue weighted by Gasteiger charge is 2.45. The number of fused-ring (bicyclic) bond motifs is 1. The van der Waals surface area contributed by atoms with E-state index >= 15 is 0 Å². The fourth-order valence-electron chi connectivity index (χ4n) is 3.18. The standard InChI is InChI=1S/C19H16Cl2N2O/c20-13-3-1-12(2-4-13)18(24)23-11-19(7-8-19)16-10-22-17-6-5-14(21)9-15(16)17/h1-6,9-10,22H,7-8,11H2,(H,23,24). The molecule has 2 aromatic carbocycles. The Labute approximate surface area is 150 Å². The first-order chi connectivity index (χ1) is 11.6. The molecule has 1 aromatic heterocycles. The highest BCUT2D eigenvalue weighted by Crippen LogP contribution is 2.50. The summed E-state index contributed by atoms with van der Waals surface area (Å²) in [4.78, 5) is 15.6. The molecule has 24 heavy (non-hydrogen) atoms. The van der Waals surface area contributed by atoms with Gasteiger partial charge < -0.3 is 10.3 Å². The van der Waals surface area contributed by atoms with Gasteiger partial charge in [0.25, 0.3) is 5.91 Å². The van der Waals surface area contributed by atoms with E-state index in [4.69, 9.17) is 23.2 Å². The van der Waals surface area contributed by atoms with Crippen LogP contribution >= 0.6 is 23.2 Å². The summed E-state index contributed by atoms with van der Waals surface area (Å²) in [5.41, 5.74) is 2.93. The van der Waals surface area contributed by atoms with Gasteiger partial charge in [0, 0.05) is 44.7 Å². The minimum Gasteiger partial charge on any atom is -0.361 e. The number of H-pyrrole nitrogens is 1. The lowest BCUT2D eigenvalue weighted by Crippen LogP contribution is -2.32. The van der Waals surface area contributed by atoms with Crippen molar-refractivity contribution in [3.05, 3.63) is 69.8 Å². The number of benzene rings is 2. The maximum atomic E-state index is 12.3. The zero-order chi connectivity index (χ0) is 16.7. The molecule has 3 nitrogen and oxygen atoms in total. The van der Waals surface area contributed by atoms with Crippen LogP contribution in [0.3, 0.4) is 0 Å². The predicted molar refractivity (Wildman–Crippen MR) is 98.0 cm³/mol. The van der Waals surface area contributed by atoms with Crippen molar-refractivity contribution < 1.29 is 4.79 Å². The van der Waals surface area contributed by atoms with E-state index in [9.17, 15) is 4.79 Å². The monoisotopic (exact) mass is 358 g/mol. The van der Waals surface area contributed by atoms with E-state index in [2.05, 4.69) is 10.3 Å². The van der Waals surface area contributed by atoms with Gasteiger partial charge in [0.15, 0.2) is 0 Å². The fraction of sp³-hybridized carbons (Fsp3) is 0.211. The summed E-state index contributed by atoms with van der Waals surface area (Å²) in [5, 5.41) is 5.55. The summed E-state index contributed by atoms with van der Waals surface area (Å²) in [6.45, 7) is 0.619. The first-order valence-electron chi connectivity index (χ1n) is 7.88. The van der Waals surface area contributed by atoms with Crippen molar-refractivity contribution in [2.24, 2.45) is 0 Å². The second-order valence-corrected chi connectivity index (χ2v) is 7.24. The van der Waals surface area contributed by atoms with Crippen molar-refractivity contribution in [3.63, 3.8) is 0 Å². The topological polar surface area (TPSA) is 44.9 Å². The van der Waals surface area contributed by atoms with E-state index < -0.39 is 0 Å². The Hall–Kier alpha value is -1.97. The van der Waals surface area contributed by atoms with Crippen LogP contribution in [0, 0.1) is 0 Å². The normalized spacial score (nSPS) is 15.4. The Kier molecular flexibility index (Phi) is 3.78. The zero-order valence-electron chi connectivity index (χ0n) is 12.9. The maximum Gasteiger partial charge on any atom is 0.251 e. The van der Waals surface area contributed by atoms with Gasteiger partial charge in [-0.15, -0.1) is 0 Å². The van der Waals surface area contributed by atoms with Crippen LogP contribution in [-0.2, 0) is 5.41 Å². The molecule has 0 saturated heterocycles. The van der Waals surface area contributed by atoms with E-state index in [0.29, 0.717) is 17.1 Å². The lowest BCUT2D eigenvalue weighted by molar-refractivity contribution is 0.0950. The van der Waals surface area contributed by atoms with Gasteiger partial charge in [-0.2, -0.15) is 0 Å². The number of carbonyl (C=O) groups is 1. The summed E-state index contributed by atoms with van der Waals surface area (Å²) in [5.74, 6) is -0.0733. The molecule has 0 unspecified atom stereocenters. The number of nitrogens with one attached hydrogen (secondary N) is 2. The van der Waals surface area contributed by atoms with Crippen LogP contribution in [0.2, 0.25) is 10.0 Å². The first-order valence-corrected chi connectivity index (χ1v) is 8.64. The highest BCUT2D eigenvalue weighted by atomic mass is 35.5. The average molecular weight is 359 g/mol. The number of hydrogen-bond donors (Lipinski definition) is 2. The molecule has 0 aliphatic heterocycles. The van der Waals surface area contributed by atoms with Crippen molar-refractivity contribution in [2.75, 3.05) is 6.54 Å². The Morgan fingerprint density at radius 2 is 1.79 bits per heavy atom. The molecule has 1 fully saturated rings. The van der Waals surface area contributed by atoms with Gasteiger partial charge in [0.1, 0.15) is 0 Å². The molecular formula is C19H16Cl2N2O. The third-order valence-corrected chi connectivity index (χ3v) is 5.25. The van der Waals surface area contributed by atoms with Crippen molar-refractivity contribution in [1.82, 2.24) is 10.3 Å². The predicted octanol–water partition coefficient (Wildman–Crippen LogP) is 4.94. The maximum absolute atomic E-state index is 12.3. The third kappa shape index (κ3) is 2.79. The van der Waals surface area contributed by atoms with E-state index in [-0.39, 0.29) is 11.3 Å². The lowest BCUT2D eigenvalue weighted by atomic mass is 9.95. The first kappa shape index (κ1) is 15.6. The number of carbonyl (C=O) groups excluding carboxylic acids is 1. The molecule has 2 N–H and O–H groups in total. The molecular weight excluding hydrogens is 343 g/mol. The second kappa shape index (κ2) is 5.83. The Bertz CT molecular complexity index is 911. The molecule has 0 atom stereocenters. The van der Waals surface area contributed by atoms with Crippen LogP contribution in [0.25, 0.3) is 10.9 Å². The average Bonchev–Trinajstić information content (AvgIpc) is 3.25. The van der Waals surface area contributed by atoms with Crippen molar-refractivity contribution in [3.8, 4) is 0 Å². The number of amides is 1. The molecule has 1 aliphatic carbocycles. The van der Waals surface area contributed by atoms with Crippen LogP contribution in [0.4, 0.5) is 0 Å². The summed E-state index contributed by atoms with van der Waals surface area (Å²) >= 11 is 12.0. The van der Waals surface area contributed by atoms with Crippen LogP contribution in [-0.4, -0.2) is 17.4 Å².